The summed E-state index contributed by atoms with van der Waals surface area (Å²) in [6, 6.07) is 5.93. The highest BCUT2D eigenvalue weighted by molar-refractivity contribution is 5.92. The molecule has 0 radical (unpaired) electrons. The third-order valence-corrected chi connectivity index (χ3v) is 3.91. The van der Waals surface area contributed by atoms with E-state index in [2.05, 4.69) is 10.3 Å². The number of halogens is 2. The Labute approximate surface area is 142 Å². The van der Waals surface area contributed by atoms with Gasteiger partial charge in [0.25, 0.3) is 5.91 Å². The van der Waals surface area contributed by atoms with E-state index in [0.29, 0.717) is 5.69 Å². The van der Waals surface area contributed by atoms with Crippen molar-refractivity contribution in [2.24, 2.45) is 5.73 Å². The highest BCUT2D eigenvalue weighted by atomic mass is 19.1. The monoisotopic (exact) mass is 346 g/mol. The van der Waals surface area contributed by atoms with Crippen LogP contribution in [-0.4, -0.2) is 27.9 Å². The normalized spacial score (nSPS) is 13.4. The molecule has 3 N–H and O–H groups in total. The van der Waals surface area contributed by atoms with Crippen molar-refractivity contribution in [3.05, 3.63) is 59.4 Å². The first kappa shape index (κ1) is 16.8. The Hall–Kier alpha value is -3.03. The summed E-state index contributed by atoms with van der Waals surface area (Å²) in [5.41, 5.74) is 5.39. The van der Waals surface area contributed by atoms with E-state index in [1.165, 1.54) is 29.3 Å². The number of pyridine rings is 1. The van der Waals surface area contributed by atoms with Crippen LogP contribution in [0, 0.1) is 11.6 Å². The largest absolute Gasteiger partial charge is 0.364 e. The molecule has 0 saturated heterocycles. The van der Waals surface area contributed by atoms with Crippen LogP contribution in [0.5, 0.6) is 0 Å². The van der Waals surface area contributed by atoms with Gasteiger partial charge in [0, 0.05) is 11.6 Å². The number of carbonyl (C=O) groups excluding carboxylic acids is 2. The minimum Gasteiger partial charge on any atom is -0.364 e. The summed E-state index contributed by atoms with van der Waals surface area (Å²) < 4.78 is 27.7. The van der Waals surface area contributed by atoms with Crippen LogP contribution in [-0.2, 0) is 6.54 Å². The molecule has 0 atom stereocenters. The summed E-state index contributed by atoms with van der Waals surface area (Å²) in [4.78, 5) is 28.7. The maximum atomic E-state index is 13.9. The molecule has 0 unspecified atom stereocenters. The summed E-state index contributed by atoms with van der Waals surface area (Å²) in [5.74, 6) is -2.05. The van der Waals surface area contributed by atoms with Gasteiger partial charge in [0.05, 0.1) is 18.4 Å². The summed E-state index contributed by atoms with van der Waals surface area (Å²) in [6.45, 7) is -0.165. The Morgan fingerprint density at radius 3 is 2.40 bits per heavy atom. The van der Waals surface area contributed by atoms with Crippen LogP contribution in [0.2, 0.25) is 0 Å². The van der Waals surface area contributed by atoms with Crippen molar-refractivity contribution in [1.82, 2.24) is 9.88 Å². The second-order valence-electron chi connectivity index (χ2n) is 5.79. The molecule has 8 heteroatoms. The quantitative estimate of drug-likeness (QED) is 0.872. The lowest BCUT2D eigenvalue weighted by atomic mass is 10.2. The Kier molecular flexibility index (Phi) is 4.60. The number of aromatic nitrogens is 1. The first-order chi connectivity index (χ1) is 12.0. The maximum Gasteiger partial charge on any atom is 0.322 e. The third kappa shape index (κ3) is 3.90. The van der Waals surface area contributed by atoms with E-state index < -0.39 is 23.6 Å². The van der Waals surface area contributed by atoms with Gasteiger partial charge < -0.3 is 16.0 Å². The van der Waals surface area contributed by atoms with E-state index in [0.717, 1.165) is 25.0 Å². The number of hydrogen-bond donors (Lipinski definition) is 2. The Morgan fingerprint density at radius 2 is 1.88 bits per heavy atom. The fourth-order valence-electron chi connectivity index (χ4n) is 2.42. The van der Waals surface area contributed by atoms with Crippen LogP contribution in [0.25, 0.3) is 0 Å². The fraction of sp³-hybridized carbons (Fsp3) is 0.235. The Morgan fingerprint density at radius 1 is 1.20 bits per heavy atom. The van der Waals surface area contributed by atoms with E-state index in [4.69, 9.17) is 5.73 Å². The molecule has 1 aromatic carbocycles. The first-order valence-corrected chi connectivity index (χ1v) is 7.72. The van der Waals surface area contributed by atoms with Crippen LogP contribution < -0.4 is 11.1 Å². The molecule has 25 heavy (non-hydrogen) atoms. The van der Waals surface area contributed by atoms with Crippen molar-refractivity contribution >= 4 is 17.6 Å². The van der Waals surface area contributed by atoms with Gasteiger partial charge in [-0.3, -0.25) is 4.79 Å². The van der Waals surface area contributed by atoms with Gasteiger partial charge in [0.2, 0.25) is 0 Å². The molecule has 1 aliphatic rings. The molecule has 3 amide bonds. The smallest absolute Gasteiger partial charge is 0.322 e. The van der Waals surface area contributed by atoms with Gasteiger partial charge in [0.15, 0.2) is 0 Å². The van der Waals surface area contributed by atoms with Gasteiger partial charge in [0.1, 0.15) is 17.3 Å². The molecule has 130 valence electrons. The average molecular weight is 346 g/mol. The highest BCUT2D eigenvalue weighted by Crippen LogP contribution is 2.30. The number of primary amides is 1. The lowest BCUT2D eigenvalue weighted by molar-refractivity contribution is 0.0995. The zero-order valence-electron chi connectivity index (χ0n) is 13.2. The number of benzene rings is 1. The van der Waals surface area contributed by atoms with E-state index in [1.54, 1.807) is 0 Å². The van der Waals surface area contributed by atoms with E-state index in [1.807, 2.05) is 0 Å². The van der Waals surface area contributed by atoms with E-state index in [9.17, 15) is 18.4 Å². The van der Waals surface area contributed by atoms with Crippen LogP contribution in [0.1, 0.15) is 28.9 Å². The minimum atomic E-state index is -0.689. The lowest BCUT2D eigenvalue weighted by Gasteiger charge is -2.23. The van der Waals surface area contributed by atoms with Gasteiger partial charge in [-0.15, -0.1) is 0 Å². The molecule has 1 saturated carbocycles. The number of urea groups is 1. The van der Waals surface area contributed by atoms with Gasteiger partial charge in [-0.1, -0.05) is 6.07 Å². The zero-order valence-corrected chi connectivity index (χ0v) is 13.2. The molecule has 1 aromatic heterocycles. The molecule has 1 heterocycles. The molecular formula is C17H16F2N4O2. The number of hydrogen-bond acceptors (Lipinski definition) is 3. The number of nitrogens with zero attached hydrogens (tertiary/aromatic N) is 2. The molecule has 3 rings (SSSR count). The topological polar surface area (TPSA) is 88.3 Å². The first-order valence-electron chi connectivity index (χ1n) is 7.72. The van der Waals surface area contributed by atoms with Crippen molar-refractivity contribution < 1.29 is 18.4 Å². The van der Waals surface area contributed by atoms with Crippen LogP contribution >= 0.6 is 0 Å². The van der Waals surface area contributed by atoms with E-state index >= 15 is 0 Å². The van der Waals surface area contributed by atoms with Crippen molar-refractivity contribution in [2.45, 2.75) is 25.4 Å². The Balaban J connectivity index is 1.74. The summed E-state index contributed by atoms with van der Waals surface area (Å²) in [7, 11) is 0. The molecule has 2 aromatic rings. The predicted octanol–water partition coefficient (Wildman–Crippen LogP) is 2.66. The van der Waals surface area contributed by atoms with Gasteiger partial charge in [-0.05, 0) is 37.1 Å². The number of nitrogens with one attached hydrogen (secondary N) is 1. The lowest BCUT2D eigenvalue weighted by Crippen LogP contribution is -2.36. The minimum absolute atomic E-state index is 0.0585. The number of carbonyl (C=O) groups is 2. The fourth-order valence-corrected chi connectivity index (χ4v) is 2.42. The number of nitrogens with two attached hydrogens (primary N) is 1. The summed E-state index contributed by atoms with van der Waals surface area (Å²) >= 11 is 0. The SMILES string of the molecule is NC(=O)c1ccc(NC(=O)N(Cc2c(F)cccc2F)C2CC2)cn1. The van der Waals surface area contributed by atoms with Gasteiger partial charge in [-0.2, -0.15) is 0 Å². The maximum absolute atomic E-state index is 13.9. The highest BCUT2D eigenvalue weighted by Gasteiger charge is 2.33. The number of anilines is 1. The number of amides is 3. The van der Waals surface area contributed by atoms with E-state index in [-0.39, 0.29) is 23.8 Å². The number of rotatable bonds is 5. The van der Waals surface area contributed by atoms with Gasteiger partial charge >= 0.3 is 6.03 Å². The third-order valence-electron chi connectivity index (χ3n) is 3.91. The molecule has 0 aliphatic heterocycles. The summed E-state index contributed by atoms with van der Waals surface area (Å²) in [5, 5.41) is 2.62. The van der Waals surface area contributed by atoms with Crippen LogP contribution in [0.4, 0.5) is 19.3 Å². The van der Waals surface area contributed by atoms with Crippen molar-refractivity contribution in [2.75, 3.05) is 5.32 Å². The average Bonchev–Trinajstić information content (AvgIpc) is 3.40. The molecular weight excluding hydrogens is 330 g/mol. The predicted molar refractivity (Wildman–Crippen MR) is 86.7 cm³/mol. The molecule has 1 fully saturated rings. The zero-order chi connectivity index (χ0) is 18.0. The van der Waals surface area contributed by atoms with Crippen LogP contribution in [0.3, 0.4) is 0 Å². The second kappa shape index (κ2) is 6.84. The molecule has 0 bridgehead atoms. The molecule has 6 nitrogen and oxygen atoms in total. The second-order valence-corrected chi connectivity index (χ2v) is 5.79. The van der Waals surface area contributed by atoms with Crippen molar-refractivity contribution in [1.29, 1.82) is 0 Å². The summed E-state index contributed by atoms with van der Waals surface area (Å²) in [6.07, 6.45) is 2.86. The van der Waals surface area contributed by atoms with Crippen molar-refractivity contribution in [3.8, 4) is 0 Å². The standard InChI is InChI=1S/C17H16F2N4O2/c18-13-2-1-3-14(19)12(13)9-23(11-5-6-11)17(25)22-10-4-7-15(16(20)24)21-8-10/h1-4,7-8,11H,5-6,9H2,(H2,20,24)(H,22,25). The Bertz CT molecular complexity index is 787. The molecule has 1 aliphatic carbocycles. The molecule has 0 spiro atoms. The van der Waals surface area contributed by atoms with Gasteiger partial charge in [-0.25, -0.2) is 18.6 Å². The van der Waals surface area contributed by atoms with Crippen molar-refractivity contribution in [3.63, 3.8) is 0 Å². The van der Waals surface area contributed by atoms with Crippen LogP contribution in [0.15, 0.2) is 36.5 Å².